The van der Waals surface area contributed by atoms with Crippen molar-refractivity contribution in [3.63, 3.8) is 0 Å². The molecule has 0 unspecified atom stereocenters. The van der Waals surface area contributed by atoms with E-state index in [1.54, 1.807) is 6.07 Å². The molecule has 1 atom stereocenters. The number of ether oxygens (including phenoxy) is 1. The number of hydrogen-bond acceptors (Lipinski definition) is 5. The van der Waals surface area contributed by atoms with Crippen LogP contribution in [0.15, 0.2) is 30.5 Å². The number of anilines is 1. The number of benzene rings is 1. The number of nitrogens with two attached hydrogens (primary N) is 1. The highest BCUT2D eigenvalue weighted by Gasteiger charge is 2.36. The van der Waals surface area contributed by atoms with Crippen LogP contribution in [-0.4, -0.2) is 52.7 Å². The minimum atomic E-state index is -0.574. The van der Waals surface area contributed by atoms with E-state index in [9.17, 15) is 14.0 Å². The molecule has 8 heteroatoms. The number of methoxy groups -OCH3 is 1. The fourth-order valence-corrected chi connectivity index (χ4v) is 3.09. The fraction of sp³-hybridized carbons (Fsp3) is 0.353. The minimum absolute atomic E-state index is 0.0676. The smallest absolute Gasteiger partial charge is 0.249 e. The van der Waals surface area contributed by atoms with Gasteiger partial charge in [-0.2, -0.15) is 5.10 Å². The van der Waals surface area contributed by atoms with Gasteiger partial charge in [0.15, 0.2) is 5.78 Å². The summed E-state index contributed by atoms with van der Waals surface area (Å²) in [6.07, 6.45) is 2.67. The van der Waals surface area contributed by atoms with E-state index in [4.69, 9.17) is 10.5 Å². The summed E-state index contributed by atoms with van der Waals surface area (Å²) in [6.45, 7) is 0.443. The van der Waals surface area contributed by atoms with Crippen molar-refractivity contribution in [2.75, 3.05) is 26.0 Å². The number of amides is 1. The van der Waals surface area contributed by atoms with E-state index in [0.717, 1.165) is 6.42 Å². The lowest BCUT2D eigenvalue weighted by molar-refractivity contribution is -0.135. The SMILES string of the molecule is COCC(=O)N1CCC[C@H]1C(=O)c1cnn(-c2cccc(F)c2)c1N. The number of nitrogen functional groups attached to an aromatic ring is 1. The van der Waals surface area contributed by atoms with Gasteiger partial charge in [-0.1, -0.05) is 6.07 Å². The minimum Gasteiger partial charge on any atom is -0.383 e. The molecule has 0 bridgehead atoms. The first-order valence-electron chi connectivity index (χ1n) is 7.95. The molecule has 1 aliphatic heterocycles. The Morgan fingerprint density at radius 2 is 2.24 bits per heavy atom. The number of carbonyl (C=O) groups is 2. The van der Waals surface area contributed by atoms with Crippen LogP contribution in [0.1, 0.15) is 23.2 Å². The zero-order valence-electron chi connectivity index (χ0n) is 13.8. The third-order valence-electron chi connectivity index (χ3n) is 4.27. The summed E-state index contributed by atoms with van der Waals surface area (Å²) in [4.78, 5) is 26.5. The number of Topliss-reactive ketones (excluding diaryl/α,β-unsaturated/α-hetero) is 1. The highest BCUT2D eigenvalue weighted by atomic mass is 19.1. The Kier molecular flexibility index (Phi) is 4.80. The van der Waals surface area contributed by atoms with E-state index in [1.807, 2.05) is 0 Å². The molecule has 2 aromatic rings. The van der Waals surface area contributed by atoms with Crippen molar-refractivity contribution in [2.45, 2.75) is 18.9 Å². The highest BCUT2D eigenvalue weighted by Crippen LogP contribution is 2.25. The first-order valence-corrected chi connectivity index (χ1v) is 7.95. The van der Waals surface area contributed by atoms with Gasteiger partial charge in [0.25, 0.3) is 0 Å². The molecule has 1 aromatic heterocycles. The molecule has 0 spiro atoms. The molecule has 3 rings (SSSR count). The molecule has 0 aliphatic carbocycles. The number of halogens is 1. The number of hydrogen-bond donors (Lipinski definition) is 1. The largest absolute Gasteiger partial charge is 0.383 e. The molecule has 1 saturated heterocycles. The molecule has 7 nitrogen and oxygen atoms in total. The zero-order chi connectivity index (χ0) is 18.0. The Morgan fingerprint density at radius 1 is 1.44 bits per heavy atom. The predicted molar refractivity (Wildman–Crippen MR) is 88.9 cm³/mol. The molecule has 0 saturated carbocycles. The number of aromatic nitrogens is 2. The summed E-state index contributed by atoms with van der Waals surface area (Å²) in [5, 5.41) is 4.10. The van der Waals surface area contributed by atoms with Crippen LogP contribution in [-0.2, 0) is 9.53 Å². The normalized spacial score (nSPS) is 17.0. The van der Waals surface area contributed by atoms with Crippen molar-refractivity contribution in [1.29, 1.82) is 0 Å². The van der Waals surface area contributed by atoms with Crippen molar-refractivity contribution < 1.29 is 18.7 Å². The predicted octanol–water partition coefficient (Wildman–Crippen LogP) is 1.41. The van der Waals surface area contributed by atoms with Crippen molar-refractivity contribution in [2.24, 2.45) is 0 Å². The van der Waals surface area contributed by atoms with Gasteiger partial charge in [0.05, 0.1) is 23.5 Å². The van der Waals surface area contributed by atoms with Crippen LogP contribution in [0.2, 0.25) is 0 Å². The van der Waals surface area contributed by atoms with Gasteiger partial charge < -0.3 is 15.4 Å². The lowest BCUT2D eigenvalue weighted by Crippen LogP contribution is -2.42. The van der Waals surface area contributed by atoms with E-state index in [0.29, 0.717) is 18.7 Å². The summed E-state index contributed by atoms with van der Waals surface area (Å²) in [5.41, 5.74) is 6.72. The average molecular weight is 346 g/mol. The van der Waals surface area contributed by atoms with Gasteiger partial charge in [0.1, 0.15) is 18.2 Å². The maximum atomic E-state index is 13.4. The van der Waals surface area contributed by atoms with Crippen LogP contribution in [0.25, 0.3) is 5.69 Å². The number of nitrogens with zero attached hydrogens (tertiary/aromatic N) is 3. The van der Waals surface area contributed by atoms with Gasteiger partial charge in [-0.25, -0.2) is 9.07 Å². The summed E-state index contributed by atoms with van der Waals surface area (Å²) in [6, 6.07) is 5.20. The maximum absolute atomic E-state index is 13.4. The van der Waals surface area contributed by atoms with Gasteiger partial charge in [-0.15, -0.1) is 0 Å². The zero-order valence-corrected chi connectivity index (χ0v) is 13.8. The van der Waals surface area contributed by atoms with E-state index in [-0.39, 0.29) is 29.7 Å². The van der Waals surface area contributed by atoms with Crippen molar-refractivity contribution >= 4 is 17.5 Å². The third kappa shape index (κ3) is 3.25. The average Bonchev–Trinajstić information content (AvgIpc) is 3.21. The maximum Gasteiger partial charge on any atom is 0.249 e. The van der Waals surface area contributed by atoms with Crippen molar-refractivity contribution in [1.82, 2.24) is 14.7 Å². The Balaban J connectivity index is 1.87. The molecule has 1 amide bonds. The third-order valence-corrected chi connectivity index (χ3v) is 4.27. The lowest BCUT2D eigenvalue weighted by Gasteiger charge is -2.23. The molecule has 1 aromatic carbocycles. The summed E-state index contributed by atoms with van der Waals surface area (Å²) >= 11 is 0. The van der Waals surface area contributed by atoms with Crippen molar-refractivity contribution in [3.8, 4) is 5.69 Å². The van der Waals surface area contributed by atoms with Crippen LogP contribution in [0.5, 0.6) is 0 Å². The Hall–Kier alpha value is -2.74. The molecule has 0 radical (unpaired) electrons. The Labute approximate surface area is 144 Å². The molecule has 1 fully saturated rings. The molecular weight excluding hydrogens is 327 g/mol. The van der Waals surface area contributed by atoms with Gasteiger partial charge >= 0.3 is 0 Å². The Morgan fingerprint density at radius 3 is 2.96 bits per heavy atom. The molecule has 1 aliphatic rings. The summed E-state index contributed by atoms with van der Waals surface area (Å²) < 4.78 is 19.6. The molecule has 132 valence electrons. The van der Waals surface area contributed by atoms with E-state index >= 15 is 0 Å². The second kappa shape index (κ2) is 7.02. The molecule has 2 heterocycles. The monoisotopic (exact) mass is 346 g/mol. The van der Waals surface area contributed by atoms with Crippen molar-refractivity contribution in [3.05, 3.63) is 41.8 Å². The number of likely N-dealkylation sites (tertiary alicyclic amines) is 1. The Bertz CT molecular complexity index is 805. The second-order valence-corrected chi connectivity index (χ2v) is 5.88. The van der Waals surface area contributed by atoms with Gasteiger partial charge in [0.2, 0.25) is 5.91 Å². The number of carbonyl (C=O) groups excluding carboxylic acids is 2. The summed E-state index contributed by atoms with van der Waals surface area (Å²) in [5.74, 6) is -0.786. The topological polar surface area (TPSA) is 90.5 Å². The van der Waals surface area contributed by atoms with Crippen LogP contribution in [0.3, 0.4) is 0 Å². The van der Waals surface area contributed by atoms with E-state index in [1.165, 1.54) is 41.1 Å². The van der Waals surface area contributed by atoms with E-state index in [2.05, 4.69) is 5.10 Å². The van der Waals surface area contributed by atoms with Gasteiger partial charge in [-0.3, -0.25) is 9.59 Å². The van der Waals surface area contributed by atoms with Gasteiger partial charge in [-0.05, 0) is 31.0 Å². The van der Waals surface area contributed by atoms with E-state index < -0.39 is 11.9 Å². The first kappa shape index (κ1) is 17.1. The number of rotatable bonds is 5. The fourth-order valence-electron chi connectivity index (χ4n) is 3.09. The molecular formula is C17H19FN4O3. The molecule has 2 N–H and O–H groups in total. The quantitative estimate of drug-likeness (QED) is 0.827. The van der Waals surface area contributed by atoms with Crippen LogP contribution in [0.4, 0.5) is 10.2 Å². The standard InChI is InChI=1S/C17H19FN4O3/c1-25-10-15(23)21-7-3-6-14(21)16(24)13-9-20-22(17(13)19)12-5-2-4-11(18)8-12/h2,4-5,8-9,14H,3,6-7,10,19H2,1H3/t14-/m0/s1. The second-order valence-electron chi connectivity index (χ2n) is 5.88. The van der Waals surface area contributed by atoms with Crippen LogP contribution in [0, 0.1) is 5.82 Å². The first-order chi connectivity index (χ1) is 12.0. The van der Waals surface area contributed by atoms with Crippen LogP contribution < -0.4 is 5.73 Å². The number of ketones is 1. The van der Waals surface area contributed by atoms with Gasteiger partial charge in [0, 0.05) is 13.7 Å². The lowest BCUT2D eigenvalue weighted by atomic mass is 10.0. The highest BCUT2D eigenvalue weighted by molar-refractivity contribution is 6.05. The molecule has 25 heavy (non-hydrogen) atoms. The van der Waals surface area contributed by atoms with Crippen LogP contribution >= 0.6 is 0 Å². The summed E-state index contributed by atoms with van der Waals surface area (Å²) in [7, 11) is 1.44.